The minimum absolute atomic E-state index is 0.0348. The quantitative estimate of drug-likeness (QED) is 0.815. The highest BCUT2D eigenvalue weighted by atomic mass is 32.2. The summed E-state index contributed by atoms with van der Waals surface area (Å²) in [5.74, 6) is 0.931. The zero-order chi connectivity index (χ0) is 17.2. The Morgan fingerprint density at radius 1 is 1.20 bits per heavy atom. The number of Topliss-reactive ketones (excluding diaryl/α,β-unsaturated/α-hetero) is 1. The van der Waals surface area contributed by atoms with Gasteiger partial charge in [-0.3, -0.25) is 14.6 Å². The van der Waals surface area contributed by atoms with E-state index in [1.54, 1.807) is 18.0 Å². The molecule has 0 radical (unpaired) electrons. The molecule has 1 unspecified atom stereocenters. The van der Waals surface area contributed by atoms with Crippen molar-refractivity contribution in [2.45, 2.75) is 36.6 Å². The van der Waals surface area contributed by atoms with Crippen LogP contribution in [0.1, 0.15) is 58.0 Å². The lowest BCUT2D eigenvalue weighted by atomic mass is 9.95. The zero-order valence-corrected chi connectivity index (χ0v) is 14.8. The fourth-order valence-corrected chi connectivity index (χ4v) is 4.85. The molecule has 0 spiro atoms. The Kier molecular flexibility index (Phi) is 4.57. The SMILES string of the molecule is O=C1CCSc2c1cccc2C(=O)N1CCCCC1c1cccnc1. The summed E-state index contributed by atoms with van der Waals surface area (Å²) in [6.45, 7) is 0.751. The maximum atomic E-state index is 13.3. The second kappa shape index (κ2) is 7.00. The second-order valence-corrected chi connectivity index (χ2v) is 7.61. The van der Waals surface area contributed by atoms with Gasteiger partial charge in [-0.1, -0.05) is 18.2 Å². The van der Waals surface area contributed by atoms with Crippen molar-refractivity contribution in [3.8, 4) is 0 Å². The summed E-state index contributed by atoms with van der Waals surface area (Å²) in [6, 6.07) is 9.57. The van der Waals surface area contributed by atoms with Gasteiger partial charge in [0.1, 0.15) is 0 Å². The molecule has 2 aromatic rings. The number of piperidine rings is 1. The molecule has 0 saturated carbocycles. The molecule has 1 amide bonds. The van der Waals surface area contributed by atoms with E-state index in [1.165, 1.54) is 0 Å². The van der Waals surface area contributed by atoms with Crippen LogP contribution in [-0.2, 0) is 0 Å². The van der Waals surface area contributed by atoms with Gasteiger partial charge in [-0.05, 0) is 37.0 Å². The summed E-state index contributed by atoms with van der Waals surface area (Å²) in [5.41, 5.74) is 2.47. The number of carbonyl (C=O) groups is 2. The molecule has 3 heterocycles. The fourth-order valence-electron chi connectivity index (χ4n) is 3.71. The molecule has 1 aromatic heterocycles. The van der Waals surface area contributed by atoms with E-state index in [9.17, 15) is 9.59 Å². The fraction of sp³-hybridized carbons (Fsp3) is 0.350. The van der Waals surface area contributed by atoms with Crippen LogP contribution in [0.4, 0.5) is 0 Å². The van der Waals surface area contributed by atoms with Crippen LogP contribution >= 0.6 is 11.8 Å². The van der Waals surface area contributed by atoms with Crippen molar-refractivity contribution in [1.29, 1.82) is 0 Å². The molecule has 2 aliphatic rings. The molecule has 128 valence electrons. The first-order chi connectivity index (χ1) is 12.3. The maximum absolute atomic E-state index is 13.3. The van der Waals surface area contributed by atoms with Gasteiger partial charge in [0.25, 0.3) is 5.91 Å². The molecular weight excluding hydrogens is 332 g/mol. The zero-order valence-electron chi connectivity index (χ0n) is 14.0. The highest BCUT2D eigenvalue weighted by molar-refractivity contribution is 7.99. The Bertz CT molecular complexity index is 807. The van der Waals surface area contributed by atoms with E-state index in [2.05, 4.69) is 4.98 Å². The number of likely N-dealkylation sites (tertiary alicyclic amines) is 1. The first-order valence-corrected chi connectivity index (χ1v) is 9.74. The van der Waals surface area contributed by atoms with Gasteiger partial charge in [0.2, 0.25) is 0 Å². The number of pyridine rings is 1. The molecule has 0 N–H and O–H groups in total. The van der Waals surface area contributed by atoms with Crippen molar-refractivity contribution in [3.05, 3.63) is 59.4 Å². The third-order valence-electron chi connectivity index (χ3n) is 4.95. The second-order valence-electron chi connectivity index (χ2n) is 6.50. The van der Waals surface area contributed by atoms with Crippen LogP contribution in [0.5, 0.6) is 0 Å². The molecule has 4 nitrogen and oxygen atoms in total. The van der Waals surface area contributed by atoms with E-state index in [0.29, 0.717) is 17.5 Å². The predicted molar refractivity (Wildman–Crippen MR) is 98.0 cm³/mol. The molecule has 0 bridgehead atoms. The number of hydrogen-bond donors (Lipinski definition) is 0. The summed E-state index contributed by atoms with van der Waals surface area (Å²) in [7, 11) is 0. The van der Waals surface area contributed by atoms with Crippen molar-refractivity contribution in [2.75, 3.05) is 12.3 Å². The summed E-state index contributed by atoms with van der Waals surface area (Å²) >= 11 is 1.63. The van der Waals surface area contributed by atoms with Crippen molar-refractivity contribution >= 4 is 23.5 Å². The van der Waals surface area contributed by atoms with Crippen LogP contribution < -0.4 is 0 Å². The number of thioether (sulfide) groups is 1. The van der Waals surface area contributed by atoms with Gasteiger partial charge in [-0.25, -0.2) is 0 Å². The summed E-state index contributed by atoms with van der Waals surface area (Å²) in [4.78, 5) is 32.6. The third-order valence-corrected chi connectivity index (χ3v) is 6.09. The Morgan fingerprint density at radius 2 is 2.12 bits per heavy atom. The molecule has 25 heavy (non-hydrogen) atoms. The van der Waals surface area contributed by atoms with Crippen molar-refractivity contribution in [3.63, 3.8) is 0 Å². The highest BCUT2D eigenvalue weighted by Gasteiger charge is 2.31. The van der Waals surface area contributed by atoms with Crippen LogP contribution in [0.3, 0.4) is 0 Å². The average Bonchev–Trinajstić information content (AvgIpc) is 2.68. The monoisotopic (exact) mass is 352 g/mol. The summed E-state index contributed by atoms with van der Waals surface area (Å²) in [5, 5.41) is 0. The Hall–Kier alpha value is -2.14. The summed E-state index contributed by atoms with van der Waals surface area (Å²) in [6.07, 6.45) is 7.26. The van der Waals surface area contributed by atoms with Crippen molar-refractivity contribution in [1.82, 2.24) is 9.88 Å². The number of carbonyl (C=O) groups excluding carboxylic acids is 2. The lowest BCUT2D eigenvalue weighted by Gasteiger charge is -2.36. The normalized spacial score (nSPS) is 20.2. The van der Waals surface area contributed by atoms with Gasteiger partial charge >= 0.3 is 0 Å². The molecule has 1 saturated heterocycles. The van der Waals surface area contributed by atoms with Crippen LogP contribution in [0.15, 0.2) is 47.6 Å². The standard InChI is InChI=1S/C20H20N2O2S/c23-18-9-12-25-19-15(18)6-3-7-16(19)20(24)22-11-2-1-8-17(22)14-5-4-10-21-13-14/h3-7,10,13,17H,1-2,8-9,11-12H2. The molecule has 5 heteroatoms. The van der Waals surface area contributed by atoms with E-state index >= 15 is 0 Å². The number of rotatable bonds is 2. The minimum atomic E-state index is 0.0348. The van der Waals surface area contributed by atoms with E-state index in [-0.39, 0.29) is 17.7 Å². The van der Waals surface area contributed by atoms with E-state index in [4.69, 9.17) is 0 Å². The van der Waals surface area contributed by atoms with E-state index < -0.39 is 0 Å². The van der Waals surface area contributed by atoms with Crippen molar-refractivity contribution < 1.29 is 9.59 Å². The van der Waals surface area contributed by atoms with Crippen LogP contribution in [-0.4, -0.2) is 33.9 Å². The number of amides is 1. The molecule has 1 atom stereocenters. The largest absolute Gasteiger partial charge is 0.332 e. The van der Waals surface area contributed by atoms with Crippen molar-refractivity contribution in [2.24, 2.45) is 0 Å². The lowest BCUT2D eigenvalue weighted by Crippen LogP contribution is -2.39. The van der Waals surface area contributed by atoms with E-state index in [1.807, 2.05) is 41.4 Å². The number of ketones is 1. The van der Waals surface area contributed by atoms with Crippen LogP contribution in [0, 0.1) is 0 Å². The maximum Gasteiger partial charge on any atom is 0.255 e. The first kappa shape index (κ1) is 16.3. The minimum Gasteiger partial charge on any atom is -0.332 e. The number of hydrogen-bond acceptors (Lipinski definition) is 4. The molecule has 0 aliphatic carbocycles. The third kappa shape index (κ3) is 3.09. The van der Waals surface area contributed by atoms with Gasteiger partial charge in [0.15, 0.2) is 5.78 Å². The number of benzene rings is 1. The van der Waals surface area contributed by atoms with Gasteiger partial charge in [-0.2, -0.15) is 0 Å². The van der Waals surface area contributed by atoms with Gasteiger partial charge in [-0.15, -0.1) is 11.8 Å². The molecule has 1 fully saturated rings. The van der Waals surface area contributed by atoms with Gasteiger partial charge < -0.3 is 4.90 Å². The summed E-state index contributed by atoms with van der Waals surface area (Å²) < 4.78 is 0. The smallest absolute Gasteiger partial charge is 0.255 e. The Labute approximate surface area is 151 Å². The van der Waals surface area contributed by atoms with Gasteiger partial charge in [0, 0.05) is 41.6 Å². The topological polar surface area (TPSA) is 50.3 Å². The molecule has 1 aromatic carbocycles. The average molecular weight is 352 g/mol. The first-order valence-electron chi connectivity index (χ1n) is 8.75. The van der Waals surface area contributed by atoms with Gasteiger partial charge in [0.05, 0.1) is 11.6 Å². The highest BCUT2D eigenvalue weighted by Crippen LogP contribution is 2.37. The van der Waals surface area contributed by atoms with Crippen LogP contribution in [0.2, 0.25) is 0 Å². The van der Waals surface area contributed by atoms with E-state index in [0.717, 1.165) is 42.0 Å². The Balaban J connectivity index is 1.70. The number of fused-ring (bicyclic) bond motifs is 1. The molecule has 4 rings (SSSR count). The number of aromatic nitrogens is 1. The lowest BCUT2D eigenvalue weighted by molar-refractivity contribution is 0.0607. The number of nitrogens with zero attached hydrogens (tertiary/aromatic N) is 2. The van der Waals surface area contributed by atoms with Crippen LogP contribution in [0.25, 0.3) is 0 Å². The Morgan fingerprint density at radius 3 is 2.96 bits per heavy atom. The molecule has 2 aliphatic heterocycles. The molecular formula is C20H20N2O2S. The predicted octanol–water partition coefficient (Wildman–Crippen LogP) is 4.13.